The molecule has 28 heavy (non-hydrogen) atoms. The van der Waals surface area contributed by atoms with Crippen molar-refractivity contribution in [3.8, 4) is 16.9 Å². The number of hydrogen-bond donors (Lipinski definition) is 0. The normalized spacial score (nSPS) is 11.3. The molecule has 0 aliphatic carbocycles. The lowest BCUT2D eigenvalue weighted by atomic mass is 10.1. The van der Waals surface area contributed by atoms with Gasteiger partial charge in [0.1, 0.15) is 0 Å². The molecule has 0 fully saturated rings. The van der Waals surface area contributed by atoms with E-state index in [-0.39, 0.29) is 11.2 Å². The molecule has 5 nitrogen and oxygen atoms in total. The second-order valence-electron chi connectivity index (χ2n) is 6.84. The molecular formula is C22H20ClN3O2. The summed E-state index contributed by atoms with van der Waals surface area (Å²) in [5, 5.41) is 1.13. The van der Waals surface area contributed by atoms with Gasteiger partial charge < -0.3 is 4.57 Å². The summed E-state index contributed by atoms with van der Waals surface area (Å²) in [5.41, 5.74) is 3.69. The van der Waals surface area contributed by atoms with E-state index in [1.165, 1.54) is 17.2 Å². The molecule has 2 aromatic heterocycles. The van der Waals surface area contributed by atoms with Crippen LogP contribution in [0.1, 0.15) is 12.5 Å². The SMILES string of the molecule is CCc1ccc(-n2cc3c(c2-c2ccc(Cl)cc2)c(=O)n(C)c(=O)n3C)cc1. The number of nitrogens with zero attached hydrogens (tertiary/aromatic N) is 3. The number of aryl methyl sites for hydroxylation is 2. The summed E-state index contributed by atoms with van der Waals surface area (Å²) in [6.07, 6.45) is 2.80. The highest BCUT2D eigenvalue weighted by atomic mass is 35.5. The van der Waals surface area contributed by atoms with Crippen LogP contribution in [-0.4, -0.2) is 13.7 Å². The zero-order valence-electron chi connectivity index (χ0n) is 15.9. The van der Waals surface area contributed by atoms with Crippen LogP contribution in [0.2, 0.25) is 5.02 Å². The van der Waals surface area contributed by atoms with Crippen LogP contribution in [-0.2, 0) is 20.5 Å². The zero-order valence-corrected chi connectivity index (χ0v) is 16.7. The molecule has 0 spiro atoms. The summed E-state index contributed by atoms with van der Waals surface area (Å²) >= 11 is 6.07. The van der Waals surface area contributed by atoms with Crippen LogP contribution < -0.4 is 11.2 Å². The molecule has 0 unspecified atom stereocenters. The molecule has 0 amide bonds. The Kier molecular flexibility index (Phi) is 4.47. The molecule has 0 saturated heterocycles. The van der Waals surface area contributed by atoms with E-state index in [1.807, 2.05) is 35.0 Å². The summed E-state index contributed by atoms with van der Waals surface area (Å²) in [7, 11) is 3.18. The van der Waals surface area contributed by atoms with Gasteiger partial charge in [0.25, 0.3) is 5.56 Å². The van der Waals surface area contributed by atoms with Gasteiger partial charge in [-0.2, -0.15) is 0 Å². The van der Waals surface area contributed by atoms with Gasteiger partial charge in [0.05, 0.1) is 16.6 Å². The van der Waals surface area contributed by atoms with E-state index >= 15 is 0 Å². The molecule has 0 saturated carbocycles. The molecule has 0 atom stereocenters. The highest BCUT2D eigenvalue weighted by Crippen LogP contribution is 2.31. The van der Waals surface area contributed by atoms with Crippen LogP contribution in [0.15, 0.2) is 64.3 Å². The predicted octanol–water partition coefficient (Wildman–Crippen LogP) is 3.91. The second-order valence-corrected chi connectivity index (χ2v) is 7.28. The minimum Gasteiger partial charge on any atom is -0.314 e. The first-order chi connectivity index (χ1) is 13.4. The van der Waals surface area contributed by atoms with Gasteiger partial charge in [-0.25, -0.2) is 4.79 Å². The molecule has 0 aliphatic heterocycles. The maximum Gasteiger partial charge on any atom is 0.330 e. The van der Waals surface area contributed by atoms with Crippen molar-refractivity contribution in [1.29, 1.82) is 0 Å². The second kappa shape index (κ2) is 6.84. The van der Waals surface area contributed by atoms with Gasteiger partial charge >= 0.3 is 5.69 Å². The Morgan fingerprint density at radius 2 is 1.54 bits per heavy atom. The lowest BCUT2D eigenvalue weighted by molar-refractivity contribution is 0.714. The van der Waals surface area contributed by atoms with Crippen LogP contribution in [0.4, 0.5) is 0 Å². The van der Waals surface area contributed by atoms with Crippen molar-refractivity contribution in [3.63, 3.8) is 0 Å². The largest absolute Gasteiger partial charge is 0.330 e. The Balaban J connectivity index is 2.14. The highest BCUT2D eigenvalue weighted by molar-refractivity contribution is 6.30. The van der Waals surface area contributed by atoms with Crippen molar-refractivity contribution < 1.29 is 0 Å². The molecular weight excluding hydrogens is 374 g/mol. The molecule has 4 aromatic rings. The van der Waals surface area contributed by atoms with Crippen LogP contribution >= 0.6 is 11.6 Å². The van der Waals surface area contributed by atoms with E-state index in [0.29, 0.717) is 15.9 Å². The first-order valence-electron chi connectivity index (χ1n) is 9.08. The first kappa shape index (κ1) is 18.3. The van der Waals surface area contributed by atoms with Crippen LogP contribution in [0, 0.1) is 0 Å². The number of halogens is 1. The Bertz CT molecular complexity index is 1290. The van der Waals surface area contributed by atoms with Gasteiger partial charge in [-0.05, 0) is 41.8 Å². The van der Waals surface area contributed by atoms with Gasteiger partial charge in [-0.15, -0.1) is 0 Å². The van der Waals surface area contributed by atoms with E-state index in [4.69, 9.17) is 11.6 Å². The van der Waals surface area contributed by atoms with Crippen molar-refractivity contribution in [1.82, 2.24) is 13.7 Å². The van der Waals surface area contributed by atoms with Crippen molar-refractivity contribution in [3.05, 3.63) is 86.2 Å². The third-order valence-corrected chi connectivity index (χ3v) is 5.43. The summed E-state index contributed by atoms with van der Waals surface area (Å²) < 4.78 is 4.62. The van der Waals surface area contributed by atoms with E-state index in [1.54, 1.807) is 19.2 Å². The van der Waals surface area contributed by atoms with Gasteiger partial charge in [-0.3, -0.25) is 13.9 Å². The minimum atomic E-state index is -0.348. The Hall–Kier alpha value is -3.05. The summed E-state index contributed by atoms with van der Waals surface area (Å²) in [6.45, 7) is 2.11. The first-order valence-corrected chi connectivity index (χ1v) is 9.46. The highest BCUT2D eigenvalue weighted by Gasteiger charge is 2.20. The van der Waals surface area contributed by atoms with Crippen molar-refractivity contribution in [2.45, 2.75) is 13.3 Å². The molecule has 0 bridgehead atoms. The van der Waals surface area contributed by atoms with Gasteiger partial charge in [0.2, 0.25) is 0 Å². The van der Waals surface area contributed by atoms with Crippen molar-refractivity contribution in [2.75, 3.05) is 0 Å². The van der Waals surface area contributed by atoms with Crippen molar-refractivity contribution in [2.24, 2.45) is 14.1 Å². The van der Waals surface area contributed by atoms with Crippen LogP contribution in [0.3, 0.4) is 0 Å². The van der Waals surface area contributed by atoms with Gasteiger partial charge in [0, 0.05) is 31.0 Å². The zero-order chi connectivity index (χ0) is 20.0. The molecule has 0 radical (unpaired) electrons. The van der Waals surface area contributed by atoms with Gasteiger partial charge in [-0.1, -0.05) is 42.8 Å². The lowest BCUT2D eigenvalue weighted by Crippen LogP contribution is -2.36. The number of rotatable bonds is 3. The van der Waals surface area contributed by atoms with E-state index < -0.39 is 0 Å². The van der Waals surface area contributed by atoms with E-state index in [2.05, 4.69) is 19.1 Å². The maximum absolute atomic E-state index is 13.0. The van der Waals surface area contributed by atoms with Crippen molar-refractivity contribution >= 4 is 22.5 Å². The molecule has 0 N–H and O–H groups in total. The molecule has 0 aliphatic rings. The van der Waals surface area contributed by atoms with Gasteiger partial charge in [0.15, 0.2) is 0 Å². The Labute approximate surface area is 167 Å². The molecule has 2 heterocycles. The summed E-state index contributed by atoms with van der Waals surface area (Å²) in [6, 6.07) is 15.6. The van der Waals surface area contributed by atoms with Crippen LogP contribution in [0.25, 0.3) is 27.8 Å². The fourth-order valence-electron chi connectivity index (χ4n) is 3.53. The molecule has 4 rings (SSSR count). The Morgan fingerprint density at radius 3 is 2.14 bits per heavy atom. The summed E-state index contributed by atoms with van der Waals surface area (Å²) in [4.78, 5) is 25.4. The minimum absolute atomic E-state index is 0.313. The average molecular weight is 394 g/mol. The van der Waals surface area contributed by atoms with Crippen LogP contribution in [0.5, 0.6) is 0 Å². The third kappa shape index (κ3) is 2.79. The number of benzene rings is 2. The number of fused-ring (bicyclic) bond motifs is 1. The molecule has 6 heteroatoms. The fraction of sp³-hybridized carbons (Fsp3) is 0.182. The Morgan fingerprint density at radius 1 is 0.893 bits per heavy atom. The number of hydrogen-bond acceptors (Lipinski definition) is 2. The standard InChI is InChI=1S/C22H20ClN3O2/c1-4-14-5-11-17(12-6-14)26-13-18-19(21(27)25(3)22(28)24(18)2)20(26)15-7-9-16(23)10-8-15/h5-13H,4H2,1-3H3. The average Bonchev–Trinajstić information content (AvgIpc) is 3.12. The number of aromatic nitrogens is 3. The monoisotopic (exact) mass is 393 g/mol. The lowest BCUT2D eigenvalue weighted by Gasteiger charge is -2.11. The quantitative estimate of drug-likeness (QED) is 0.530. The van der Waals surface area contributed by atoms with E-state index in [9.17, 15) is 9.59 Å². The topological polar surface area (TPSA) is 48.9 Å². The third-order valence-electron chi connectivity index (χ3n) is 5.18. The predicted molar refractivity (Wildman–Crippen MR) is 114 cm³/mol. The maximum atomic E-state index is 13.0. The fourth-order valence-corrected chi connectivity index (χ4v) is 3.65. The summed E-state index contributed by atoms with van der Waals surface area (Å²) in [5.74, 6) is 0. The molecule has 142 valence electrons. The molecule has 2 aromatic carbocycles. The van der Waals surface area contributed by atoms with E-state index in [0.717, 1.165) is 27.9 Å². The smallest absolute Gasteiger partial charge is 0.314 e.